The van der Waals surface area contributed by atoms with Gasteiger partial charge in [0.15, 0.2) is 0 Å². The van der Waals surface area contributed by atoms with E-state index in [2.05, 4.69) is 17.1 Å². The molecule has 0 fully saturated rings. The van der Waals surface area contributed by atoms with Gasteiger partial charge >= 0.3 is 0 Å². The van der Waals surface area contributed by atoms with E-state index in [1.54, 1.807) is 11.3 Å². The summed E-state index contributed by atoms with van der Waals surface area (Å²) in [6.07, 6.45) is 3.39. The first kappa shape index (κ1) is 12.6. The number of nitrogens with zero attached hydrogens (tertiary/aromatic N) is 1. The number of fused-ring (bicyclic) bond motifs is 1. The highest BCUT2D eigenvalue weighted by molar-refractivity contribution is 7.09. The van der Waals surface area contributed by atoms with Gasteiger partial charge < -0.3 is 10.5 Å². The van der Waals surface area contributed by atoms with Crippen molar-refractivity contribution in [3.8, 4) is 5.75 Å². The van der Waals surface area contributed by atoms with Crippen LogP contribution in [0.4, 0.5) is 0 Å². The average Bonchev–Trinajstić information content (AvgIpc) is 2.83. The summed E-state index contributed by atoms with van der Waals surface area (Å²) in [4.78, 5) is 4.40. The molecule has 1 aromatic heterocycles. The zero-order valence-electron chi connectivity index (χ0n) is 11.1. The van der Waals surface area contributed by atoms with Crippen LogP contribution in [0.1, 0.15) is 40.7 Å². The Morgan fingerprint density at radius 3 is 3.16 bits per heavy atom. The first-order valence-electron chi connectivity index (χ1n) is 6.64. The van der Waals surface area contributed by atoms with Crippen molar-refractivity contribution in [1.29, 1.82) is 0 Å². The molecule has 1 aliphatic carbocycles. The molecule has 0 radical (unpaired) electrons. The normalized spacial score (nSPS) is 18.1. The molecule has 4 heteroatoms. The smallest absolute Gasteiger partial charge is 0.131 e. The topological polar surface area (TPSA) is 48.1 Å². The highest BCUT2D eigenvalue weighted by Crippen LogP contribution is 2.31. The van der Waals surface area contributed by atoms with Gasteiger partial charge in [0.2, 0.25) is 0 Å². The lowest BCUT2D eigenvalue weighted by molar-refractivity contribution is 0.301. The quantitative estimate of drug-likeness (QED) is 0.933. The van der Waals surface area contributed by atoms with Crippen molar-refractivity contribution in [2.24, 2.45) is 5.73 Å². The zero-order chi connectivity index (χ0) is 13.2. The lowest BCUT2D eigenvalue weighted by atomic mass is 9.88. The van der Waals surface area contributed by atoms with Crippen LogP contribution >= 0.6 is 11.3 Å². The van der Waals surface area contributed by atoms with Gasteiger partial charge in [-0.1, -0.05) is 6.07 Å². The van der Waals surface area contributed by atoms with Gasteiger partial charge in [-0.15, -0.1) is 11.3 Å². The Labute approximate surface area is 117 Å². The van der Waals surface area contributed by atoms with Crippen molar-refractivity contribution < 1.29 is 4.74 Å². The van der Waals surface area contributed by atoms with E-state index in [1.807, 2.05) is 18.4 Å². The van der Waals surface area contributed by atoms with Crippen molar-refractivity contribution in [2.75, 3.05) is 0 Å². The highest BCUT2D eigenvalue weighted by atomic mass is 32.1. The second-order valence-electron chi connectivity index (χ2n) is 5.01. The van der Waals surface area contributed by atoms with Gasteiger partial charge in [-0.3, -0.25) is 0 Å². The number of hydrogen-bond acceptors (Lipinski definition) is 4. The fourth-order valence-electron chi connectivity index (χ4n) is 2.54. The maximum absolute atomic E-state index is 6.16. The maximum Gasteiger partial charge on any atom is 0.131 e. The van der Waals surface area contributed by atoms with Crippen LogP contribution in [0.15, 0.2) is 23.6 Å². The van der Waals surface area contributed by atoms with Crippen molar-refractivity contribution in [3.05, 3.63) is 45.4 Å². The van der Waals surface area contributed by atoms with Crippen LogP contribution in [-0.4, -0.2) is 4.98 Å². The van der Waals surface area contributed by atoms with Crippen LogP contribution in [0, 0.1) is 6.92 Å². The number of aromatic nitrogens is 1. The lowest BCUT2D eigenvalue weighted by Crippen LogP contribution is -2.17. The summed E-state index contributed by atoms with van der Waals surface area (Å²) in [6, 6.07) is 6.44. The molecular formula is C15H18N2OS. The fraction of sp³-hybridized carbons (Fsp3) is 0.400. The van der Waals surface area contributed by atoms with Gasteiger partial charge in [0.05, 0.1) is 10.7 Å². The molecule has 0 unspecified atom stereocenters. The van der Waals surface area contributed by atoms with E-state index >= 15 is 0 Å². The number of rotatable bonds is 3. The van der Waals surface area contributed by atoms with E-state index in [0.717, 1.165) is 29.3 Å². The van der Waals surface area contributed by atoms with Crippen molar-refractivity contribution in [2.45, 2.75) is 38.8 Å². The molecule has 1 aromatic carbocycles. The third kappa shape index (κ3) is 2.80. The van der Waals surface area contributed by atoms with Crippen molar-refractivity contribution in [3.63, 3.8) is 0 Å². The Bertz CT molecular complexity index is 579. The molecule has 100 valence electrons. The van der Waals surface area contributed by atoms with E-state index < -0.39 is 0 Å². The highest BCUT2D eigenvalue weighted by Gasteiger charge is 2.17. The molecule has 2 N–H and O–H groups in total. The SMILES string of the molecule is Cc1nc(COc2ccc3c(c2)[C@H](N)CCC3)cs1. The first-order valence-corrected chi connectivity index (χ1v) is 7.52. The van der Waals surface area contributed by atoms with E-state index in [-0.39, 0.29) is 6.04 Å². The Hall–Kier alpha value is -1.39. The van der Waals surface area contributed by atoms with Gasteiger partial charge in [-0.25, -0.2) is 4.98 Å². The molecule has 0 aliphatic heterocycles. The van der Waals surface area contributed by atoms with E-state index in [4.69, 9.17) is 10.5 Å². The summed E-state index contributed by atoms with van der Waals surface area (Å²) in [5, 5.41) is 3.12. The minimum atomic E-state index is 0.161. The van der Waals surface area contributed by atoms with Gasteiger partial charge in [-0.05, 0) is 49.4 Å². The molecule has 2 aromatic rings. The summed E-state index contributed by atoms with van der Waals surface area (Å²) >= 11 is 1.65. The van der Waals surface area contributed by atoms with Crippen LogP contribution in [-0.2, 0) is 13.0 Å². The molecule has 1 atom stereocenters. The van der Waals surface area contributed by atoms with E-state index in [0.29, 0.717) is 6.61 Å². The molecule has 1 heterocycles. The fourth-order valence-corrected chi connectivity index (χ4v) is 3.13. The number of aryl methyl sites for hydroxylation is 2. The average molecular weight is 274 g/mol. The minimum absolute atomic E-state index is 0.161. The third-order valence-corrected chi connectivity index (χ3v) is 4.35. The Balaban J connectivity index is 1.73. The zero-order valence-corrected chi connectivity index (χ0v) is 11.9. The molecule has 0 spiro atoms. The Kier molecular flexibility index (Phi) is 3.53. The second-order valence-corrected chi connectivity index (χ2v) is 6.07. The number of nitrogens with two attached hydrogens (primary N) is 1. The van der Waals surface area contributed by atoms with Gasteiger partial charge in [-0.2, -0.15) is 0 Å². The van der Waals surface area contributed by atoms with E-state index in [9.17, 15) is 0 Å². The monoisotopic (exact) mass is 274 g/mol. The van der Waals surface area contributed by atoms with Crippen LogP contribution in [0.5, 0.6) is 5.75 Å². The standard InChI is InChI=1S/C15H18N2OS/c1-10-17-12(9-19-10)8-18-13-6-5-11-3-2-4-15(16)14(11)7-13/h5-7,9,15H,2-4,8,16H2,1H3/t15-/m1/s1. The van der Waals surface area contributed by atoms with Crippen molar-refractivity contribution in [1.82, 2.24) is 4.98 Å². The Morgan fingerprint density at radius 1 is 1.47 bits per heavy atom. The van der Waals surface area contributed by atoms with Crippen molar-refractivity contribution >= 4 is 11.3 Å². The summed E-state index contributed by atoms with van der Waals surface area (Å²) in [5.74, 6) is 0.891. The van der Waals surface area contributed by atoms with E-state index in [1.165, 1.54) is 17.5 Å². The van der Waals surface area contributed by atoms with Crippen LogP contribution in [0.25, 0.3) is 0 Å². The third-order valence-electron chi connectivity index (χ3n) is 3.53. The van der Waals surface area contributed by atoms with Crippen LogP contribution < -0.4 is 10.5 Å². The number of thiazole rings is 1. The second kappa shape index (κ2) is 5.31. The minimum Gasteiger partial charge on any atom is -0.487 e. The summed E-state index contributed by atoms with van der Waals surface area (Å²) in [7, 11) is 0. The van der Waals surface area contributed by atoms with Gasteiger partial charge in [0.1, 0.15) is 12.4 Å². The molecule has 1 aliphatic rings. The molecule has 3 rings (SSSR count). The largest absolute Gasteiger partial charge is 0.487 e. The van der Waals surface area contributed by atoms with Gasteiger partial charge in [0.25, 0.3) is 0 Å². The molecule has 3 nitrogen and oxygen atoms in total. The summed E-state index contributed by atoms with van der Waals surface area (Å²) < 4.78 is 5.81. The predicted octanol–water partition coefficient (Wildman–Crippen LogP) is 3.37. The maximum atomic E-state index is 6.16. The van der Waals surface area contributed by atoms with Crippen LogP contribution in [0.3, 0.4) is 0 Å². The summed E-state index contributed by atoms with van der Waals surface area (Å²) in [5.41, 5.74) is 9.77. The molecule has 19 heavy (non-hydrogen) atoms. The molecule has 0 saturated heterocycles. The predicted molar refractivity (Wildman–Crippen MR) is 77.5 cm³/mol. The molecule has 0 saturated carbocycles. The summed E-state index contributed by atoms with van der Waals surface area (Å²) in [6.45, 7) is 2.53. The number of ether oxygens (including phenoxy) is 1. The molecule has 0 bridgehead atoms. The van der Waals surface area contributed by atoms with Crippen LogP contribution in [0.2, 0.25) is 0 Å². The Morgan fingerprint density at radius 2 is 2.37 bits per heavy atom. The molecule has 0 amide bonds. The molecular weight excluding hydrogens is 256 g/mol. The first-order chi connectivity index (χ1) is 9.22. The number of hydrogen-bond donors (Lipinski definition) is 1. The lowest BCUT2D eigenvalue weighted by Gasteiger charge is -2.22. The van der Waals surface area contributed by atoms with Gasteiger partial charge in [0, 0.05) is 11.4 Å². The number of benzene rings is 1.